The van der Waals surface area contributed by atoms with Crippen molar-refractivity contribution < 1.29 is 10.2 Å². The molecule has 2 N–H and O–H groups in total. The Bertz CT molecular complexity index is 477. The number of hydrogen-bond donors (Lipinski definition) is 2. The van der Waals surface area contributed by atoms with Crippen LogP contribution in [-0.2, 0) is 0 Å². The summed E-state index contributed by atoms with van der Waals surface area (Å²) in [4.78, 5) is 0. The fraction of sp³-hybridized carbons (Fsp3) is 0.579. The molecule has 2 atom stereocenters. The van der Waals surface area contributed by atoms with E-state index in [1.54, 1.807) is 12.1 Å². The second-order valence-corrected chi connectivity index (χ2v) is 6.22. The third-order valence-electron chi connectivity index (χ3n) is 4.30. The Morgan fingerprint density at radius 3 is 2.05 bits per heavy atom. The van der Waals surface area contributed by atoms with Crippen LogP contribution in [0.25, 0.3) is 0 Å². The molecule has 0 amide bonds. The minimum Gasteiger partial charge on any atom is -0.508 e. The van der Waals surface area contributed by atoms with Gasteiger partial charge in [-0.25, -0.2) is 0 Å². The van der Waals surface area contributed by atoms with Crippen molar-refractivity contribution in [3.8, 4) is 11.5 Å². The van der Waals surface area contributed by atoms with E-state index in [1.807, 2.05) is 20.8 Å². The molecule has 0 aliphatic heterocycles. The van der Waals surface area contributed by atoms with E-state index in [1.165, 1.54) is 5.57 Å². The van der Waals surface area contributed by atoms with Crippen LogP contribution >= 0.6 is 0 Å². The first kappa shape index (κ1) is 17.6. The van der Waals surface area contributed by atoms with Gasteiger partial charge in [-0.05, 0) is 62.1 Å². The van der Waals surface area contributed by atoms with Gasteiger partial charge in [-0.2, -0.15) is 0 Å². The number of phenolic OH excluding ortho intramolecular Hbond substituents is 2. The predicted octanol–water partition coefficient (Wildman–Crippen LogP) is 5.53. The van der Waals surface area contributed by atoms with Gasteiger partial charge >= 0.3 is 0 Å². The second-order valence-electron chi connectivity index (χ2n) is 6.22. The van der Waals surface area contributed by atoms with Crippen molar-refractivity contribution in [3.63, 3.8) is 0 Å². The average Bonchev–Trinajstić information content (AvgIpc) is 2.39. The number of phenols is 2. The Balaban J connectivity index is 0.00000106. The summed E-state index contributed by atoms with van der Waals surface area (Å²) in [6.07, 6.45) is 4.25. The van der Waals surface area contributed by atoms with E-state index >= 15 is 0 Å². The molecular formula is C19H30O2. The van der Waals surface area contributed by atoms with E-state index < -0.39 is 0 Å². The fourth-order valence-electron chi connectivity index (χ4n) is 3.28. The van der Waals surface area contributed by atoms with Gasteiger partial charge in [-0.15, -0.1) is 0 Å². The van der Waals surface area contributed by atoms with Gasteiger partial charge in [0.2, 0.25) is 0 Å². The van der Waals surface area contributed by atoms with Crippen LogP contribution in [0.2, 0.25) is 0 Å². The molecule has 2 rings (SSSR count). The van der Waals surface area contributed by atoms with Crippen LogP contribution in [0, 0.1) is 18.8 Å². The minimum atomic E-state index is 0.214. The number of allylic oxidation sites excluding steroid dienone is 2. The monoisotopic (exact) mass is 290 g/mol. The first-order chi connectivity index (χ1) is 9.90. The minimum absolute atomic E-state index is 0.214. The zero-order valence-electron chi connectivity index (χ0n) is 14.3. The van der Waals surface area contributed by atoms with E-state index in [2.05, 4.69) is 26.8 Å². The fourth-order valence-corrected chi connectivity index (χ4v) is 3.28. The van der Waals surface area contributed by atoms with E-state index in [0.29, 0.717) is 11.8 Å². The number of benzene rings is 1. The van der Waals surface area contributed by atoms with Crippen LogP contribution in [-0.4, -0.2) is 10.2 Å². The van der Waals surface area contributed by atoms with E-state index in [4.69, 9.17) is 0 Å². The van der Waals surface area contributed by atoms with Crippen molar-refractivity contribution >= 4 is 0 Å². The molecule has 2 unspecified atom stereocenters. The molecule has 2 nitrogen and oxygen atoms in total. The molecule has 0 aromatic heterocycles. The highest BCUT2D eigenvalue weighted by atomic mass is 16.3. The quantitative estimate of drug-likeness (QED) is 0.703. The molecule has 118 valence electrons. The summed E-state index contributed by atoms with van der Waals surface area (Å²) in [7, 11) is 0. The summed E-state index contributed by atoms with van der Waals surface area (Å²) < 4.78 is 0. The molecule has 0 heterocycles. The summed E-state index contributed by atoms with van der Waals surface area (Å²) in [5, 5.41) is 20.5. The van der Waals surface area contributed by atoms with Gasteiger partial charge in [0, 0.05) is 5.56 Å². The maximum Gasteiger partial charge on any atom is 0.123 e. The van der Waals surface area contributed by atoms with Crippen LogP contribution < -0.4 is 0 Å². The van der Waals surface area contributed by atoms with Gasteiger partial charge < -0.3 is 10.2 Å². The van der Waals surface area contributed by atoms with Crippen LogP contribution in [0.5, 0.6) is 11.5 Å². The lowest BCUT2D eigenvalue weighted by atomic mass is 9.70. The molecule has 1 aromatic carbocycles. The lowest BCUT2D eigenvalue weighted by Crippen LogP contribution is -2.22. The number of aromatic hydroxyl groups is 2. The highest BCUT2D eigenvalue weighted by Crippen LogP contribution is 2.47. The largest absolute Gasteiger partial charge is 0.508 e. The molecule has 0 saturated carbocycles. The summed E-state index contributed by atoms with van der Waals surface area (Å²) >= 11 is 0. The van der Waals surface area contributed by atoms with Gasteiger partial charge in [0.1, 0.15) is 11.5 Å². The van der Waals surface area contributed by atoms with Gasteiger partial charge in [0.05, 0.1) is 0 Å². The van der Waals surface area contributed by atoms with Crippen LogP contribution in [0.3, 0.4) is 0 Å². The Kier molecular flexibility index (Phi) is 6.32. The van der Waals surface area contributed by atoms with Crippen molar-refractivity contribution in [2.75, 3.05) is 0 Å². The summed E-state index contributed by atoms with van der Waals surface area (Å²) in [5.74, 6) is 1.70. The van der Waals surface area contributed by atoms with Crippen LogP contribution in [0.1, 0.15) is 64.5 Å². The average molecular weight is 290 g/mol. The maximum absolute atomic E-state index is 10.2. The Labute approximate surface area is 129 Å². The molecule has 0 bridgehead atoms. The zero-order valence-corrected chi connectivity index (χ0v) is 14.3. The third-order valence-corrected chi connectivity index (χ3v) is 4.30. The molecule has 1 aliphatic rings. The van der Waals surface area contributed by atoms with Crippen molar-refractivity contribution in [1.29, 1.82) is 0 Å². The molecule has 2 heteroatoms. The van der Waals surface area contributed by atoms with Gasteiger partial charge in [-0.1, -0.05) is 39.3 Å². The van der Waals surface area contributed by atoms with E-state index in [9.17, 15) is 10.2 Å². The third kappa shape index (κ3) is 4.03. The van der Waals surface area contributed by atoms with Crippen molar-refractivity contribution in [3.05, 3.63) is 34.9 Å². The van der Waals surface area contributed by atoms with Gasteiger partial charge in [-0.3, -0.25) is 0 Å². The SMILES string of the molecule is CC.CC1=CCC(C(C)C)C(c2c(O)cc(C)cc2O)C1. The highest BCUT2D eigenvalue weighted by Gasteiger charge is 2.32. The lowest BCUT2D eigenvalue weighted by Gasteiger charge is -2.34. The first-order valence-corrected chi connectivity index (χ1v) is 8.08. The topological polar surface area (TPSA) is 40.5 Å². The normalized spacial score (nSPS) is 21.6. The second kappa shape index (κ2) is 7.53. The highest BCUT2D eigenvalue weighted by molar-refractivity contribution is 5.49. The number of rotatable bonds is 2. The molecule has 21 heavy (non-hydrogen) atoms. The smallest absolute Gasteiger partial charge is 0.123 e. The number of aryl methyl sites for hydroxylation is 1. The van der Waals surface area contributed by atoms with Crippen LogP contribution in [0.4, 0.5) is 0 Å². The molecule has 0 spiro atoms. The zero-order chi connectivity index (χ0) is 16.2. The molecule has 1 aromatic rings. The van der Waals surface area contributed by atoms with Crippen LogP contribution in [0.15, 0.2) is 23.8 Å². The van der Waals surface area contributed by atoms with E-state index in [0.717, 1.165) is 24.0 Å². The lowest BCUT2D eigenvalue weighted by molar-refractivity contribution is 0.292. The Hall–Kier alpha value is -1.44. The standard InChI is InChI=1S/C17H24O2.C2H6/c1-10(2)13-6-5-11(3)7-14(13)17-15(18)8-12(4)9-16(17)19;1-2/h5,8-10,13-14,18-19H,6-7H2,1-4H3;1-2H3. The predicted molar refractivity (Wildman–Crippen MR) is 89.9 cm³/mol. The number of hydrogen-bond acceptors (Lipinski definition) is 2. The summed E-state index contributed by atoms with van der Waals surface area (Å²) in [6.45, 7) is 12.4. The summed E-state index contributed by atoms with van der Waals surface area (Å²) in [5.41, 5.74) is 2.97. The molecule has 0 saturated heterocycles. The van der Waals surface area contributed by atoms with E-state index in [-0.39, 0.29) is 17.4 Å². The molecular weight excluding hydrogens is 260 g/mol. The molecule has 0 fully saturated rings. The van der Waals surface area contributed by atoms with Gasteiger partial charge in [0.15, 0.2) is 0 Å². The molecule has 0 radical (unpaired) electrons. The van der Waals surface area contributed by atoms with Crippen molar-refractivity contribution in [1.82, 2.24) is 0 Å². The Morgan fingerprint density at radius 2 is 1.57 bits per heavy atom. The van der Waals surface area contributed by atoms with Crippen molar-refractivity contribution in [2.45, 2.75) is 60.3 Å². The first-order valence-electron chi connectivity index (χ1n) is 8.08. The Morgan fingerprint density at radius 1 is 1.05 bits per heavy atom. The molecule has 1 aliphatic carbocycles. The maximum atomic E-state index is 10.2. The van der Waals surface area contributed by atoms with Gasteiger partial charge in [0.25, 0.3) is 0 Å². The summed E-state index contributed by atoms with van der Waals surface area (Å²) in [6, 6.07) is 3.50. The van der Waals surface area contributed by atoms with Crippen molar-refractivity contribution in [2.24, 2.45) is 11.8 Å².